The van der Waals surface area contributed by atoms with E-state index in [0.717, 1.165) is 19.6 Å². The number of hydrogen-bond donors (Lipinski definition) is 2. The summed E-state index contributed by atoms with van der Waals surface area (Å²) in [5.74, 6) is -0.0470. The molecule has 116 valence electrons. The zero-order chi connectivity index (χ0) is 15.5. The molecule has 0 radical (unpaired) electrons. The molecule has 2 rings (SSSR count). The van der Waals surface area contributed by atoms with Crippen molar-refractivity contribution in [2.45, 2.75) is 45.9 Å². The largest absolute Gasteiger partial charge is 0.378 e. The number of carbonyl (C=O) groups is 1. The molecule has 1 aromatic rings. The zero-order valence-electron chi connectivity index (χ0n) is 13.4. The first-order valence-corrected chi connectivity index (χ1v) is 7.65. The molecule has 1 saturated carbocycles. The van der Waals surface area contributed by atoms with Crippen LogP contribution in [-0.2, 0) is 11.3 Å². The van der Waals surface area contributed by atoms with Gasteiger partial charge in [0.15, 0.2) is 0 Å². The lowest BCUT2D eigenvalue weighted by Crippen LogP contribution is -2.60. The first kappa shape index (κ1) is 16.0. The van der Waals surface area contributed by atoms with E-state index in [1.54, 1.807) is 7.05 Å². The van der Waals surface area contributed by atoms with Crippen LogP contribution in [0.25, 0.3) is 0 Å². The smallest absolute Gasteiger partial charge is 0.251 e. The fourth-order valence-corrected chi connectivity index (χ4v) is 2.88. The van der Waals surface area contributed by atoms with Gasteiger partial charge in [0.2, 0.25) is 0 Å². The SMILES string of the molecule is CCO[C@@H]1C[C@H](NCc2ccc(C(=O)NC)cc2)C1(C)C. The summed E-state index contributed by atoms with van der Waals surface area (Å²) in [6.07, 6.45) is 1.42. The van der Waals surface area contributed by atoms with Gasteiger partial charge in [0.05, 0.1) is 6.10 Å². The number of ether oxygens (including phenoxy) is 1. The van der Waals surface area contributed by atoms with Gasteiger partial charge in [0.25, 0.3) is 5.91 Å². The average Bonchev–Trinajstić information content (AvgIpc) is 2.50. The Morgan fingerprint density at radius 2 is 2.00 bits per heavy atom. The van der Waals surface area contributed by atoms with Crippen LogP contribution in [0.3, 0.4) is 0 Å². The predicted molar refractivity (Wildman–Crippen MR) is 84.3 cm³/mol. The molecule has 0 aromatic heterocycles. The Balaban J connectivity index is 1.85. The molecule has 4 heteroatoms. The number of rotatable bonds is 6. The van der Waals surface area contributed by atoms with Gasteiger partial charge in [-0.15, -0.1) is 0 Å². The second kappa shape index (κ2) is 6.58. The number of benzene rings is 1. The normalized spacial score (nSPS) is 23.4. The maximum Gasteiger partial charge on any atom is 0.251 e. The van der Waals surface area contributed by atoms with Crippen LogP contribution < -0.4 is 10.6 Å². The van der Waals surface area contributed by atoms with Crippen LogP contribution in [0.4, 0.5) is 0 Å². The monoisotopic (exact) mass is 290 g/mol. The molecule has 1 aromatic carbocycles. The van der Waals surface area contributed by atoms with Crippen molar-refractivity contribution >= 4 is 5.91 Å². The highest BCUT2D eigenvalue weighted by atomic mass is 16.5. The Hall–Kier alpha value is -1.39. The third kappa shape index (κ3) is 3.44. The van der Waals surface area contributed by atoms with Gasteiger partial charge in [-0.1, -0.05) is 26.0 Å². The Morgan fingerprint density at radius 1 is 1.33 bits per heavy atom. The van der Waals surface area contributed by atoms with Gasteiger partial charge in [-0.3, -0.25) is 4.79 Å². The maximum atomic E-state index is 11.5. The summed E-state index contributed by atoms with van der Waals surface area (Å²) in [4.78, 5) is 11.5. The molecule has 21 heavy (non-hydrogen) atoms. The Kier molecular flexibility index (Phi) is 5.01. The van der Waals surface area contributed by atoms with Crippen molar-refractivity contribution in [2.75, 3.05) is 13.7 Å². The van der Waals surface area contributed by atoms with E-state index >= 15 is 0 Å². The van der Waals surface area contributed by atoms with E-state index in [9.17, 15) is 4.79 Å². The average molecular weight is 290 g/mol. The first-order valence-electron chi connectivity index (χ1n) is 7.65. The number of amides is 1. The van der Waals surface area contributed by atoms with Crippen LogP contribution in [0.5, 0.6) is 0 Å². The Morgan fingerprint density at radius 3 is 2.52 bits per heavy atom. The third-order valence-corrected chi connectivity index (χ3v) is 4.54. The standard InChI is InChI=1S/C17H26N2O2/c1-5-21-15-10-14(17(15,2)3)19-11-12-6-8-13(9-7-12)16(20)18-4/h6-9,14-15,19H,5,10-11H2,1-4H3,(H,18,20)/t14-,15+/m0/s1. The summed E-state index contributed by atoms with van der Waals surface area (Å²) in [7, 11) is 1.64. The molecule has 2 atom stereocenters. The highest BCUT2D eigenvalue weighted by Gasteiger charge is 2.48. The van der Waals surface area contributed by atoms with Crippen molar-refractivity contribution in [2.24, 2.45) is 5.41 Å². The highest BCUT2D eigenvalue weighted by molar-refractivity contribution is 5.93. The molecule has 0 aliphatic heterocycles. The molecule has 0 spiro atoms. The lowest BCUT2D eigenvalue weighted by Gasteiger charge is -2.52. The molecule has 4 nitrogen and oxygen atoms in total. The highest BCUT2D eigenvalue weighted by Crippen LogP contribution is 2.42. The summed E-state index contributed by atoms with van der Waals surface area (Å²) in [6, 6.07) is 8.22. The van der Waals surface area contributed by atoms with E-state index in [1.807, 2.05) is 31.2 Å². The van der Waals surface area contributed by atoms with Crippen LogP contribution >= 0.6 is 0 Å². The minimum atomic E-state index is -0.0470. The molecular formula is C17H26N2O2. The van der Waals surface area contributed by atoms with Crippen molar-refractivity contribution in [3.8, 4) is 0 Å². The van der Waals surface area contributed by atoms with Crippen LogP contribution in [-0.4, -0.2) is 31.7 Å². The van der Waals surface area contributed by atoms with Gasteiger partial charge >= 0.3 is 0 Å². The summed E-state index contributed by atoms with van der Waals surface area (Å²) < 4.78 is 5.75. The van der Waals surface area contributed by atoms with Crippen molar-refractivity contribution in [3.05, 3.63) is 35.4 Å². The van der Waals surface area contributed by atoms with E-state index in [-0.39, 0.29) is 11.3 Å². The molecule has 0 heterocycles. The van der Waals surface area contributed by atoms with E-state index in [2.05, 4.69) is 24.5 Å². The summed E-state index contributed by atoms with van der Waals surface area (Å²) in [6.45, 7) is 8.15. The maximum absolute atomic E-state index is 11.5. The zero-order valence-corrected chi connectivity index (χ0v) is 13.4. The first-order chi connectivity index (χ1) is 9.98. The van der Waals surface area contributed by atoms with Crippen LogP contribution in [0.1, 0.15) is 43.1 Å². The van der Waals surface area contributed by atoms with Gasteiger partial charge in [-0.05, 0) is 31.0 Å². The lowest BCUT2D eigenvalue weighted by molar-refractivity contribution is -0.114. The van der Waals surface area contributed by atoms with Gasteiger partial charge in [-0.2, -0.15) is 0 Å². The topological polar surface area (TPSA) is 50.4 Å². The summed E-state index contributed by atoms with van der Waals surface area (Å²) in [5.41, 5.74) is 2.07. The fraction of sp³-hybridized carbons (Fsp3) is 0.588. The molecule has 2 N–H and O–H groups in total. The molecule has 1 aliphatic carbocycles. The van der Waals surface area contributed by atoms with Gasteiger partial charge in [0, 0.05) is 37.2 Å². The molecule has 0 saturated heterocycles. The van der Waals surface area contributed by atoms with E-state index in [0.29, 0.717) is 17.7 Å². The lowest BCUT2D eigenvalue weighted by atomic mass is 9.64. The van der Waals surface area contributed by atoms with Gasteiger partial charge in [-0.25, -0.2) is 0 Å². The molecular weight excluding hydrogens is 264 g/mol. The second-order valence-corrected chi connectivity index (χ2v) is 6.21. The van der Waals surface area contributed by atoms with E-state index in [1.165, 1.54) is 5.56 Å². The molecule has 1 aliphatic rings. The van der Waals surface area contributed by atoms with Crippen LogP contribution in [0.2, 0.25) is 0 Å². The van der Waals surface area contributed by atoms with E-state index < -0.39 is 0 Å². The number of hydrogen-bond acceptors (Lipinski definition) is 3. The summed E-state index contributed by atoms with van der Waals surface area (Å²) >= 11 is 0. The number of nitrogens with one attached hydrogen (secondary N) is 2. The van der Waals surface area contributed by atoms with Crippen molar-refractivity contribution in [3.63, 3.8) is 0 Å². The Labute approximate surface area is 127 Å². The second-order valence-electron chi connectivity index (χ2n) is 6.21. The predicted octanol–water partition coefficient (Wildman–Crippen LogP) is 2.34. The molecule has 1 amide bonds. The Bertz CT molecular complexity index is 482. The van der Waals surface area contributed by atoms with Gasteiger partial charge < -0.3 is 15.4 Å². The third-order valence-electron chi connectivity index (χ3n) is 4.54. The van der Waals surface area contributed by atoms with Crippen LogP contribution in [0, 0.1) is 5.41 Å². The molecule has 0 unspecified atom stereocenters. The summed E-state index contributed by atoms with van der Waals surface area (Å²) in [5, 5.41) is 6.22. The van der Waals surface area contributed by atoms with Crippen molar-refractivity contribution < 1.29 is 9.53 Å². The van der Waals surface area contributed by atoms with Crippen LogP contribution in [0.15, 0.2) is 24.3 Å². The minimum absolute atomic E-state index is 0.0470. The number of carbonyl (C=O) groups excluding carboxylic acids is 1. The quantitative estimate of drug-likeness (QED) is 0.845. The molecule has 0 bridgehead atoms. The molecule has 1 fully saturated rings. The van der Waals surface area contributed by atoms with Gasteiger partial charge in [0.1, 0.15) is 0 Å². The van der Waals surface area contributed by atoms with E-state index in [4.69, 9.17) is 4.74 Å². The minimum Gasteiger partial charge on any atom is -0.378 e. The van der Waals surface area contributed by atoms with Crippen molar-refractivity contribution in [1.29, 1.82) is 0 Å². The van der Waals surface area contributed by atoms with Crippen molar-refractivity contribution in [1.82, 2.24) is 10.6 Å². The fourth-order valence-electron chi connectivity index (χ4n) is 2.88.